The number of ether oxygens (including phenoxy) is 2. The molecule has 146 valence electrons. The van der Waals surface area contributed by atoms with E-state index in [0.717, 1.165) is 16.8 Å². The first-order valence-corrected chi connectivity index (χ1v) is 8.72. The largest absolute Gasteiger partial charge is 0.480 e. The minimum Gasteiger partial charge on any atom is -0.480 e. The maximum atomic E-state index is 12.6. The molecule has 0 radical (unpaired) electrons. The SMILES string of the molecule is COc1ncc(-c2cccc(-n3cnc(C(=O)c4nccn4C)c3)c2)c(OC)n1. The van der Waals surface area contributed by atoms with Crippen molar-refractivity contribution in [3.8, 4) is 28.7 Å². The lowest BCUT2D eigenvalue weighted by Gasteiger charge is -2.10. The van der Waals surface area contributed by atoms with Gasteiger partial charge in [0.05, 0.1) is 19.8 Å². The van der Waals surface area contributed by atoms with Crippen molar-refractivity contribution in [3.63, 3.8) is 0 Å². The zero-order valence-electron chi connectivity index (χ0n) is 16.1. The summed E-state index contributed by atoms with van der Waals surface area (Å²) in [6, 6.07) is 7.90. The Balaban J connectivity index is 1.68. The van der Waals surface area contributed by atoms with Crippen molar-refractivity contribution in [1.29, 1.82) is 0 Å². The molecule has 0 unspecified atom stereocenters. The van der Waals surface area contributed by atoms with E-state index in [0.29, 0.717) is 17.4 Å². The number of rotatable bonds is 6. The van der Waals surface area contributed by atoms with E-state index in [1.54, 1.807) is 54.4 Å². The number of methoxy groups -OCH3 is 2. The summed E-state index contributed by atoms with van der Waals surface area (Å²) >= 11 is 0. The molecule has 3 aromatic heterocycles. The van der Waals surface area contributed by atoms with E-state index in [1.165, 1.54) is 7.11 Å². The molecule has 0 atom stereocenters. The van der Waals surface area contributed by atoms with Crippen LogP contribution in [-0.4, -0.2) is 49.1 Å². The van der Waals surface area contributed by atoms with E-state index in [1.807, 2.05) is 24.3 Å². The van der Waals surface area contributed by atoms with Crippen LogP contribution in [0.25, 0.3) is 16.8 Å². The third-order valence-electron chi connectivity index (χ3n) is 4.40. The van der Waals surface area contributed by atoms with Gasteiger partial charge in [-0.15, -0.1) is 0 Å². The summed E-state index contributed by atoms with van der Waals surface area (Å²) < 4.78 is 13.9. The smallest absolute Gasteiger partial charge is 0.319 e. The van der Waals surface area contributed by atoms with Crippen molar-refractivity contribution in [1.82, 2.24) is 29.1 Å². The molecular weight excluding hydrogens is 372 g/mol. The van der Waals surface area contributed by atoms with Crippen LogP contribution in [0.4, 0.5) is 0 Å². The van der Waals surface area contributed by atoms with Crippen LogP contribution in [-0.2, 0) is 7.05 Å². The lowest BCUT2D eigenvalue weighted by Crippen LogP contribution is -2.09. The molecule has 0 aliphatic heterocycles. The van der Waals surface area contributed by atoms with Crippen molar-refractivity contribution in [2.75, 3.05) is 14.2 Å². The summed E-state index contributed by atoms with van der Waals surface area (Å²) in [7, 11) is 4.81. The molecule has 3 heterocycles. The number of imidazole rings is 2. The molecule has 0 saturated heterocycles. The summed E-state index contributed by atoms with van der Waals surface area (Å²) in [5.74, 6) is 0.507. The third-order valence-corrected chi connectivity index (χ3v) is 4.40. The first-order valence-electron chi connectivity index (χ1n) is 8.72. The second kappa shape index (κ2) is 7.55. The molecule has 4 aromatic rings. The standard InChI is InChI=1S/C20H18N6O3/c1-25-8-7-21-18(25)17(27)16-11-26(12-23-16)14-6-4-5-13(9-14)15-10-22-20(29-3)24-19(15)28-2/h4-12H,1-3H3. The zero-order valence-corrected chi connectivity index (χ0v) is 16.1. The minimum atomic E-state index is -0.238. The highest BCUT2D eigenvalue weighted by Crippen LogP contribution is 2.30. The Labute approximate surface area is 166 Å². The minimum absolute atomic E-state index is 0.230. The van der Waals surface area contributed by atoms with E-state index in [-0.39, 0.29) is 11.8 Å². The molecule has 0 fully saturated rings. The number of benzene rings is 1. The van der Waals surface area contributed by atoms with Gasteiger partial charge in [-0.05, 0) is 17.7 Å². The average molecular weight is 390 g/mol. The molecule has 0 amide bonds. The Morgan fingerprint density at radius 2 is 1.97 bits per heavy atom. The molecule has 9 nitrogen and oxygen atoms in total. The van der Waals surface area contributed by atoms with Gasteiger partial charge in [-0.1, -0.05) is 12.1 Å². The predicted octanol–water partition coefficient (Wildman–Crippen LogP) is 2.31. The molecule has 29 heavy (non-hydrogen) atoms. The van der Waals surface area contributed by atoms with E-state index in [9.17, 15) is 4.79 Å². The fourth-order valence-corrected chi connectivity index (χ4v) is 2.92. The van der Waals surface area contributed by atoms with E-state index in [2.05, 4.69) is 19.9 Å². The summed E-state index contributed by atoms with van der Waals surface area (Å²) in [6.07, 6.45) is 8.22. The fourth-order valence-electron chi connectivity index (χ4n) is 2.92. The van der Waals surface area contributed by atoms with Crippen molar-refractivity contribution in [2.45, 2.75) is 0 Å². The van der Waals surface area contributed by atoms with Gasteiger partial charge in [-0.3, -0.25) is 4.79 Å². The average Bonchev–Trinajstić information content (AvgIpc) is 3.42. The molecule has 0 aliphatic rings. The molecule has 0 aliphatic carbocycles. The monoisotopic (exact) mass is 390 g/mol. The molecular formula is C20H18N6O3. The zero-order chi connectivity index (χ0) is 20.4. The summed E-state index contributed by atoms with van der Waals surface area (Å²) in [5, 5.41) is 0. The molecule has 0 saturated carbocycles. The first kappa shape index (κ1) is 18.4. The Kier molecular flexibility index (Phi) is 4.78. The maximum absolute atomic E-state index is 12.6. The highest BCUT2D eigenvalue weighted by atomic mass is 16.5. The van der Waals surface area contributed by atoms with Crippen LogP contribution >= 0.6 is 0 Å². The number of hydrogen-bond acceptors (Lipinski definition) is 7. The molecule has 9 heteroatoms. The van der Waals surface area contributed by atoms with Crippen molar-refractivity contribution in [2.24, 2.45) is 7.05 Å². The van der Waals surface area contributed by atoms with Gasteiger partial charge in [0.15, 0.2) is 5.82 Å². The lowest BCUT2D eigenvalue weighted by atomic mass is 10.1. The van der Waals surface area contributed by atoms with Crippen molar-refractivity contribution >= 4 is 5.78 Å². The van der Waals surface area contributed by atoms with Crippen molar-refractivity contribution in [3.05, 3.63) is 66.9 Å². The molecule has 4 rings (SSSR count). The van der Waals surface area contributed by atoms with Crippen molar-refractivity contribution < 1.29 is 14.3 Å². The highest BCUT2D eigenvalue weighted by Gasteiger charge is 2.17. The summed E-state index contributed by atoms with van der Waals surface area (Å²) in [6.45, 7) is 0. The number of aryl methyl sites for hydroxylation is 1. The van der Waals surface area contributed by atoms with Crippen LogP contribution in [0, 0.1) is 0 Å². The van der Waals surface area contributed by atoms with E-state index < -0.39 is 0 Å². The van der Waals surface area contributed by atoms with Crippen LogP contribution in [0.2, 0.25) is 0 Å². The van der Waals surface area contributed by atoms with Gasteiger partial charge < -0.3 is 18.6 Å². The molecule has 1 aromatic carbocycles. The Hall–Kier alpha value is -4.01. The van der Waals surface area contributed by atoms with Gasteiger partial charge in [0.25, 0.3) is 0 Å². The number of carbonyl (C=O) groups is 1. The Morgan fingerprint density at radius 3 is 2.69 bits per heavy atom. The lowest BCUT2D eigenvalue weighted by molar-refractivity contribution is 0.102. The van der Waals surface area contributed by atoms with Crippen LogP contribution in [0.15, 0.2) is 55.4 Å². The number of hydrogen-bond donors (Lipinski definition) is 0. The first-order chi connectivity index (χ1) is 14.1. The van der Waals surface area contributed by atoms with Crippen LogP contribution in [0.1, 0.15) is 16.3 Å². The van der Waals surface area contributed by atoms with Gasteiger partial charge in [0, 0.05) is 37.5 Å². The van der Waals surface area contributed by atoms with Crippen LogP contribution in [0.3, 0.4) is 0 Å². The quantitative estimate of drug-likeness (QED) is 0.466. The second-order valence-electron chi connectivity index (χ2n) is 6.19. The van der Waals surface area contributed by atoms with Crippen LogP contribution in [0.5, 0.6) is 11.9 Å². The van der Waals surface area contributed by atoms with E-state index in [4.69, 9.17) is 9.47 Å². The summed E-state index contributed by atoms with van der Waals surface area (Å²) in [4.78, 5) is 29.3. The fraction of sp³-hybridized carbons (Fsp3) is 0.150. The Morgan fingerprint density at radius 1 is 1.10 bits per heavy atom. The van der Waals surface area contributed by atoms with Gasteiger partial charge in [-0.2, -0.15) is 4.98 Å². The number of carbonyl (C=O) groups excluding carboxylic acids is 1. The van der Waals surface area contributed by atoms with Gasteiger partial charge in [0.1, 0.15) is 12.0 Å². The second-order valence-corrected chi connectivity index (χ2v) is 6.19. The molecule has 0 N–H and O–H groups in total. The van der Waals surface area contributed by atoms with Crippen LogP contribution < -0.4 is 9.47 Å². The molecule has 0 spiro atoms. The number of ketones is 1. The number of aromatic nitrogens is 6. The third kappa shape index (κ3) is 3.45. The topological polar surface area (TPSA) is 97.0 Å². The Bertz CT molecular complexity index is 1180. The van der Waals surface area contributed by atoms with Gasteiger partial charge in [-0.25, -0.2) is 15.0 Å². The van der Waals surface area contributed by atoms with Gasteiger partial charge in [0.2, 0.25) is 11.7 Å². The van der Waals surface area contributed by atoms with Gasteiger partial charge >= 0.3 is 6.01 Å². The molecule has 0 bridgehead atoms. The normalized spacial score (nSPS) is 10.7. The maximum Gasteiger partial charge on any atom is 0.319 e. The van der Waals surface area contributed by atoms with E-state index >= 15 is 0 Å². The number of nitrogens with zero attached hydrogens (tertiary/aromatic N) is 6. The highest BCUT2D eigenvalue weighted by molar-refractivity contribution is 6.05. The predicted molar refractivity (Wildman–Crippen MR) is 104 cm³/mol. The summed E-state index contributed by atoms with van der Waals surface area (Å²) in [5.41, 5.74) is 2.72.